The van der Waals surface area contributed by atoms with Gasteiger partial charge in [-0.1, -0.05) is 12.8 Å². The van der Waals surface area contributed by atoms with Crippen LogP contribution in [0.2, 0.25) is 0 Å². The highest BCUT2D eigenvalue weighted by Gasteiger charge is 2.24. The molecule has 1 heterocycles. The van der Waals surface area contributed by atoms with Crippen LogP contribution in [-0.2, 0) is 0 Å². The first kappa shape index (κ1) is 14.5. The van der Waals surface area contributed by atoms with Crippen LogP contribution in [-0.4, -0.2) is 23.5 Å². The number of unbranched alkanes of at least 4 members (excludes halogenated alkanes) is 1. The predicted octanol–water partition coefficient (Wildman–Crippen LogP) is 3.97. The van der Waals surface area contributed by atoms with Crippen LogP contribution in [0.15, 0.2) is 0 Å². The summed E-state index contributed by atoms with van der Waals surface area (Å²) in [4.78, 5) is 2.66. The molecule has 0 aromatic carbocycles. The fourth-order valence-electron chi connectivity index (χ4n) is 2.83. The highest BCUT2D eigenvalue weighted by Crippen LogP contribution is 2.25. The lowest BCUT2D eigenvalue weighted by Crippen LogP contribution is -2.44. The Kier molecular flexibility index (Phi) is 5.46. The van der Waals surface area contributed by atoms with E-state index in [0.717, 1.165) is 18.5 Å². The van der Waals surface area contributed by atoms with Gasteiger partial charge in [-0.15, -0.1) is 0 Å². The Hall–Kier alpha value is -0.550. The molecule has 0 radical (unpaired) electrons. The summed E-state index contributed by atoms with van der Waals surface area (Å²) in [7, 11) is 0. The van der Waals surface area contributed by atoms with Gasteiger partial charge in [-0.25, -0.2) is 0 Å². The number of likely N-dealkylation sites (tertiary alicyclic amines) is 1. The highest BCUT2D eigenvalue weighted by atomic mass is 15.2. The number of nitrogens with zero attached hydrogens (tertiary/aromatic N) is 2. The van der Waals surface area contributed by atoms with Gasteiger partial charge in [-0.2, -0.15) is 5.26 Å². The molecule has 0 saturated carbocycles. The normalized spacial score (nSPS) is 26.8. The van der Waals surface area contributed by atoms with Gasteiger partial charge in [0.25, 0.3) is 0 Å². The molecule has 0 N–H and O–H groups in total. The zero-order chi connectivity index (χ0) is 12.9. The van der Waals surface area contributed by atoms with E-state index < -0.39 is 0 Å². The number of hydrogen-bond acceptors (Lipinski definition) is 2. The summed E-state index contributed by atoms with van der Waals surface area (Å²) < 4.78 is 0. The second-order valence-corrected chi connectivity index (χ2v) is 6.32. The maximum atomic E-state index is 8.97. The maximum absolute atomic E-state index is 8.97. The van der Waals surface area contributed by atoms with Crippen LogP contribution in [0, 0.1) is 16.7 Å². The number of rotatable bonds is 5. The van der Waals surface area contributed by atoms with Crippen molar-refractivity contribution in [3.63, 3.8) is 0 Å². The van der Waals surface area contributed by atoms with Crippen molar-refractivity contribution in [3.05, 3.63) is 0 Å². The van der Waals surface area contributed by atoms with Crippen LogP contribution in [0.5, 0.6) is 0 Å². The third kappa shape index (κ3) is 4.68. The molecule has 2 heteroatoms. The first-order chi connectivity index (χ1) is 7.96. The number of piperidine rings is 1. The quantitative estimate of drug-likeness (QED) is 0.675. The molecular weight excluding hydrogens is 208 g/mol. The van der Waals surface area contributed by atoms with Crippen LogP contribution in [0.25, 0.3) is 0 Å². The Morgan fingerprint density at radius 2 is 1.76 bits per heavy atom. The molecule has 1 rings (SSSR count). The zero-order valence-corrected chi connectivity index (χ0v) is 12.0. The minimum absolute atomic E-state index is 0.140. The van der Waals surface area contributed by atoms with Crippen molar-refractivity contribution in [3.8, 4) is 6.07 Å². The van der Waals surface area contributed by atoms with E-state index in [1.165, 1.54) is 38.6 Å². The van der Waals surface area contributed by atoms with Gasteiger partial charge in [0.05, 0.1) is 11.5 Å². The molecule has 1 aliphatic rings. The lowest BCUT2D eigenvalue weighted by Gasteiger charge is -2.39. The monoisotopic (exact) mass is 236 g/mol. The molecule has 17 heavy (non-hydrogen) atoms. The third-order valence-electron chi connectivity index (χ3n) is 4.15. The van der Waals surface area contributed by atoms with E-state index in [9.17, 15) is 0 Å². The first-order valence-electron chi connectivity index (χ1n) is 7.13. The van der Waals surface area contributed by atoms with Crippen LogP contribution in [0.3, 0.4) is 0 Å². The van der Waals surface area contributed by atoms with E-state index in [0.29, 0.717) is 0 Å². The van der Waals surface area contributed by atoms with Crippen molar-refractivity contribution in [2.24, 2.45) is 5.41 Å². The number of hydrogen-bond donors (Lipinski definition) is 0. The summed E-state index contributed by atoms with van der Waals surface area (Å²) in [6.45, 7) is 10.0. The first-order valence-corrected chi connectivity index (χ1v) is 7.13. The second-order valence-electron chi connectivity index (χ2n) is 6.32. The van der Waals surface area contributed by atoms with Gasteiger partial charge >= 0.3 is 0 Å². The average molecular weight is 236 g/mol. The molecule has 0 spiro atoms. The smallest absolute Gasteiger partial charge is 0.0683 e. The molecule has 1 aliphatic heterocycles. The predicted molar refractivity (Wildman–Crippen MR) is 72.7 cm³/mol. The topological polar surface area (TPSA) is 27.0 Å². The van der Waals surface area contributed by atoms with Crippen molar-refractivity contribution >= 4 is 0 Å². The SMILES string of the molecule is CC1CCCC(C)N1CCCCC(C)(C)C#N. The van der Waals surface area contributed by atoms with Crippen LogP contribution < -0.4 is 0 Å². The Bertz CT molecular complexity index is 255. The fourth-order valence-corrected chi connectivity index (χ4v) is 2.83. The minimum atomic E-state index is -0.140. The maximum Gasteiger partial charge on any atom is 0.0683 e. The molecule has 2 atom stereocenters. The summed E-state index contributed by atoms with van der Waals surface area (Å²) in [5, 5.41) is 8.97. The molecule has 0 aromatic heterocycles. The molecule has 2 unspecified atom stereocenters. The summed E-state index contributed by atoms with van der Waals surface area (Å²) in [6.07, 6.45) is 7.54. The lowest BCUT2D eigenvalue weighted by molar-refractivity contribution is 0.100. The largest absolute Gasteiger partial charge is 0.298 e. The van der Waals surface area contributed by atoms with Crippen molar-refractivity contribution in [2.45, 2.75) is 78.3 Å². The van der Waals surface area contributed by atoms with Crippen LogP contribution >= 0.6 is 0 Å². The standard InChI is InChI=1S/C15H28N2/c1-13-8-7-9-14(2)17(13)11-6-5-10-15(3,4)12-16/h13-14H,5-11H2,1-4H3. The van der Waals surface area contributed by atoms with Crippen molar-refractivity contribution in [1.29, 1.82) is 5.26 Å². The van der Waals surface area contributed by atoms with Gasteiger partial charge in [0, 0.05) is 12.1 Å². The molecular formula is C15H28N2. The van der Waals surface area contributed by atoms with E-state index in [4.69, 9.17) is 5.26 Å². The van der Waals surface area contributed by atoms with E-state index in [1.54, 1.807) is 0 Å². The second kappa shape index (κ2) is 6.40. The van der Waals surface area contributed by atoms with Crippen LogP contribution in [0.1, 0.15) is 66.2 Å². The summed E-state index contributed by atoms with van der Waals surface area (Å²) in [5.41, 5.74) is -0.140. The van der Waals surface area contributed by atoms with Gasteiger partial charge < -0.3 is 0 Å². The van der Waals surface area contributed by atoms with E-state index >= 15 is 0 Å². The molecule has 1 saturated heterocycles. The number of nitriles is 1. The van der Waals surface area contributed by atoms with Crippen molar-refractivity contribution in [2.75, 3.05) is 6.54 Å². The summed E-state index contributed by atoms with van der Waals surface area (Å²) in [6, 6.07) is 3.89. The molecule has 0 amide bonds. The van der Waals surface area contributed by atoms with E-state index in [2.05, 4.69) is 24.8 Å². The van der Waals surface area contributed by atoms with Crippen molar-refractivity contribution < 1.29 is 0 Å². The molecule has 98 valence electrons. The van der Waals surface area contributed by atoms with E-state index in [-0.39, 0.29) is 5.41 Å². The van der Waals surface area contributed by atoms with Gasteiger partial charge in [0.15, 0.2) is 0 Å². The Morgan fingerprint density at radius 3 is 2.29 bits per heavy atom. The summed E-state index contributed by atoms with van der Waals surface area (Å²) in [5.74, 6) is 0. The molecule has 0 aliphatic carbocycles. The zero-order valence-electron chi connectivity index (χ0n) is 12.0. The minimum Gasteiger partial charge on any atom is -0.298 e. The van der Waals surface area contributed by atoms with E-state index in [1.807, 2.05) is 13.8 Å². The van der Waals surface area contributed by atoms with Gasteiger partial charge in [0.2, 0.25) is 0 Å². The molecule has 2 nitrogen and oxygen atoms in total. The van der Waals surface area contributed by atoms with Gasteiger partial charge in [-0.3, -0.25) is 4.90 Å². The molecule has 0 bridgehead atoms. The fraction of sp³-hybridized carbons (Fsp3) is 0.933. The van der Waals surface area contributed by atoms with Gasteiger partial charge in [-0.05, 0) is 59.9 Å². The summed E-state index contributed by atoms with van der Waals surface area (Å²) >= 11 is 0. The third-order valence-corrected chi connectivity index (χ3v) is 4.15. The average Bonchev–Trinajstić information content (AvgIpc) is 2.27. The van der Waals surface area contributed by atoms with Gasteiger partial charge in [0.1, 0.15) is 0 Å². The highest BCUT2D eigenvalue weighted by molar-refractivity contribution is 4.91. The Balaban J connectivity index is 2.24. The molecule has 0 aromatic rings. The van der Waals surface area contributed by atoms with Crippen LogP contribution in [0.4, 0.5) is 0 Å². The lowest BCUT2D eigenvalue weighted by atomic mass is 9.89. The van der Waals surface area contributed by atoms with Crippen molar-refractivity contribution in [1.82, 2.24) is 4.90 Å². The Labute approximate surface area is 107 Å². The Morgan fingerprint density at radius 1 is 1.18 bits per heavy atom. The molecule has 1 fully saturated rings.